The average Bonchev–Trinajstić information content (AvgIpc) is 2.19. The maximum Gasteiger partial charge on any atom is 0.543 e. The number of hydrogen-bond donors (Lipinski definition) is 0. The Balaban J connectivity index is 4.64. The van der Waals surface area contributed by atoms with Crippen LogP contribution < -0.4 is 0 Å². The standard InChI is InChI=1S/C8H18O5Si/c1-6-8(13-7(2)9)14(10-3,11-4)12-5/h8H,6H2,1-5H3/t8-/m0/s1. The fourth-order valence-electron chi connectivity index (χ4n) is 1.25. The lowest BCUT2D eigenvalue weighted by atomic mass is 10.5. The molecule has 14 heavy (non-hydrogen) atoms. The Hall–Kier alpha value is -0.433. The summed E-state index contributed by atoms with van der Waals surface area (Å²) in [7, 11) is 1.62. The van der Waals surface area contributed by atoms with Crippen molar-refractivity contribution in [2.45, 2.75) is 26.0 Å². The molecule has 5 nitrogen and oxygen atoms in total. The molecule has 0 heterocycles. The minimum atomic E-state index is -2.85. The Bertz CT molecular complexity index is 172. The van der Waals surface area contributed by atoms with Crippen LogP contribution in [0.3, 0.4) is 0 Å². The molecule has 0 fully saturated rings. The zero-order valence-electron chi connectivity index (χ0n) is 9.33. The Kier molecular flexibility index (Phi) is 5.94. The molecule has 1 atom stereocenters. The van der Waals surface area contributed by atoms with Crippen molar-refractivity contribution in [3.63, 3.8) is 0 Å². The molecule has 0 amide bonds. The van der Waals surface area contributed by atoms with Crippen LogP contribution in [-0.2, 0) is 22.8 Å². The fourth-order valence-corrected chi connectivity index (χ4v) is 3.35. The number of ether oxygens (including phenoxy) is 1. The van der Waals surface area contributed by atoms with Gasteiger partial charge in [-0.3, -0.25) is 4.79 Å². The van der Waals surface area contributed by atoms with Gasteiger partial charge in [-0.25, -0.2) is 0 Å². The van der Waals surface area contributed by atoms with Crippen molar-refractivity contribution in [3.05, 3.63) is 0 Å². The summed E-state index contributed by atoms with van der Waals surface area (Å²) in [6, 6.07) is 0. The highest BCUT2D eigenvalue weighted by molar-refractivity contribution is 6.62. The van der Waals surface area contributed by atoms with E-state index in [2.05, 4.69) is 0 Å². The predicted molar refractivity (Wildman–Crippen MR) is 52.6 cm³/mol. The molecule has 0 bridgehead atoms. The maximum absolute atomic E-state index is 10.8. The highest BCUT2D eigenvalue weighted by Crippen LogP contribution is 2.17. The van der Waals surface area contributed by atoms with Crippen LogP contribution in [0.1, 0.15) is 20.3 Å². The second-order valence-corrected chi connectivity index (χ2v) is 5.80. The molecular formula is C8H18O5Si. The van der Waals surface area contributed by atoms with Gasteiger partial charge < -0.3 is 18.0 Å². The van der Waals surface area contributed by atoms with Gasteiger partial charge in [0.15, 0.2) is 5.73 Å². The van der Waals surface area contributed by atoms with Gasteiger partial charge in [-0.05, 0) is 6.42 Å². The summed E-state index contributed by atoms with van der Waals surface area (Å²) in [6.45, 7) is 3.23. The van der Waals surface area contributed by atoms with Gasteiger partial charge in [0.1, 0.15) is 0 Å². The summed E-state index contributed by atoms with van der Waals surface area (Å²) in [5.74, 6) is -0.361. The predicted octanol–water partition coefficient (Wildman–Crippen LogP) is 0.745. The van der Waals surface area contributed by atoms with E-state index in [1.165, 1.54) is 28.3 Å². The molecule has 0 saturated carbocycles. The summed E-state index contributed by atoms with van der Waals surface area (Å²) in [6.07, 6.45) is 0.599. The third-order valence-electron chi connectivity index (χ3n) is 1.93. The third-order valence-corrected chi connectivity index (χ3v) is 4.95. The van der Waals surface area contributed by atoms with Crippen LogP contribution >= 0.6 is 0 Å². The summed E-state index contributed by atoms with van der Waals surface area (Å²) in [5.41, 5.74) is -0.444. The van der Waals surface area contributed by atoms with Crippen LogP contribution in [0.5, 0.6) is 0 Å². The Labute approximate surface area is 85.7 Å². The van der Waals surface area contributed by atoms with Gasteiger partial charge in [0, 0.05) is 28.3 Å². The highest BCUT2D eigenvalue weighted by Gasteiger charge is 2.49. The maximum atomic E-state index is 10.8. The Morgan fingerprint density at radius 3 is 1.86 bits per heavy atom. The number of hydrogen-bond acceptors (Lipinski definition) is 5. The van der Waals surface area contributed by atoms with E-state index in [0.29, 0.717) is 6.42 Å². The number of carbonyl (C=O) groups is 1. The molecule has 0 spiro atoms. The molecule has 0 aliphatic carbocycles. The van der Waals surface area contributed by atoms with E-state index in [0.717, 1.165) is 0 Å². The summed E-state index contributed by atoms with van der Waals surface area (Å²) in [5, 5.41) is 0. The van der Waals surface area contributed by atoms with E-state index in [1.54, 1.807) is 0 Å². The van der Waals surface area contributed by atoms with E-state index in [-0.39, 0.29) is 5.97 Å². The first-order chi connectivity index (χ1) is 6.56. The van der Waals surface area contributed by atoms with Crippen molar-refractivity contribution in [1.29, 1.82) is 0 Å². The van der Waals surface area contributed by atoms with Crippen LogP contribution in [0.15, 0.2) is 0 Å². The Morgan fingerprint density at radius 1 is 1.21 bits per heavy atom. The molecule has 6 heteroatoms. The smallest absolute Gasteiger partial charge is 0.458 e. The Morgan fingerprint density at radius 2 is 1.64 bits per heavy atom. The second-order valence-electron chi connectivity index (χ2n) is 2.72. The SMILES string of the molecule is CC[C@@H](OC(C)=O)[Si](OC)(OC)OC. The third kappa shape index (κ3) is 3.05. The molecule has 0 N–H and O–H groups in total. The van der Waals surface area contributed by atoms with E-state index >= 15 is 0 Å². The summed E-state index contributed by atoms with van der Waals surface area (Å²) >= 11 is 0. The molecule has 0 saturated heterocycles. The summed E-state index contributed by atoms with van der Waals surface area (Å²) < 4.78 is 20.7. The van der Waals surface area contributed by atoms with Gasteiger partial charge in [0.25, 0.3) is 0 Å². The molecular weight excluding hydrogens is 204 g/mol. The molecule has 0 rings (SSSR count). The zero-order valence-corrected chi connectivity index (χ0v) is 10.3. The van der Waals surface area contributed by atoms with Gasteiger partial charge in [0.2, 0.25) is 0 Å². The molecule has 0 aromatic rings. The fraction of sp³-hybridized carbons (Fsp3) is 0.875. The number of carbonyl (C=O) groups excluding carboxylic acids is 1. The van der Waals surface area contributed by atoms with Crippen molar-refractivity contribution in [2.24, 2.45) is 0 Å². The number of esters is 1. The van der Waals surface area contributed by atoms with Gasteiger partial charge in [-0.2, -0.15) is 0 Å². The minimum absolute atomic E-state index is 0.361. The first kappa shape index (κ1) is 13.6. The van der Waals surface area contributed by atoms with Gasteiger partial charge in [-0.1, -0.05) is 6.92 Å². The average molecular weight is 222 g/mol. The van der Waals surface area contributed by atoms with E-state index < -0.39 is 14.5 Å². The molecule has 0 aromatic heterocycles. The van der Waals surface area contributed by atoms with Gasteiger partial charge in [0.05, 0.1) is 0 Å². The zero-order chi connectivity index (χ0) is 11.2. The van der Waals surface area contributed by atoms with Crippen molar-refractivity contribution < 1.29 is 22.8 Å². The van der Waals surface area contributed by atoms with E-state index in [1.807, 2.05) is 6.92 Å². The highest BCUT2D eigenvalue weighted by atomic mass is 28.4. The van der Waals surface area contributed by atoms with Crippen LogP contribution in [0.2, 0.25) is 0 Å². The summed E-state index contributed by atoms with van der Waals surface area (Å²) in [4.78, 5) is 10.8. The van der Waals surface area contributed by atoms with Crippen LogP contribution in [0.4, 0.5) is 0 Å². The first-order valence-electron chi connectivity index (χ1n) is 4.39. The van der Waals surface area contributed by atoms with Crippen molar-refractivity contribution in [2.75, 3.05) is 21.3 Å². The molecule has 0 aromatic carbocycles. The molecule has 0 aliphatic heterocycles. The molecule has 0 unspecified atom stereocenters. The largest absolute Gasteiger partial charge is 0.543 e. The topological polar surface area (TPSA) is 54.0 Å². The van der Waals surface area contributed by atoms with Crippen LogP contribution in [-0.4, -0.2) is 41.8 Å². The van der Waals surface area contributed by atoms with E-state index in [9.17, 15) is 4.79 Å². The van der Waals surface area contributed by atoms with Crippen LogP contribution in [0, 0.1) is 0 Å². The van der Waals surface area contributed by atoms with Gasteiger partial charge in [-0.15, -0.1) is 0 Å². The van der Waals surface area contributed by atoms with Crippen LogP contribution in [0.25, 0.3) is 0 Å². The second kappa shape index (κ2) is 6.13. The lowest BCUT2D eigenvalue weighted by Gasteiger charge is -2.30. The van der Waals surface area contributed by atoms with E-state index in [4.69, 9.17) is 18.0 Å². The lowest BCUT2D eigenvalue weighted by molar-refractivity contribution is -0.146. The normalized spacial score (nSPS) is 13.8. The lowest BCUT2D eigenvalue weighted by Crippen LogP contribution is -2.55. The quantitative estimate of drug-likeness (QED) is 0.490. The first-order valence-corrected chi connectivity index (χ1v) is 6.19. The molecule has 84 valence electrons. The minimum Gasteiger partial charge on any atom is -0.458 e. The number of rotatable bonds is 6. The van der Waals surface area contributed by atoms with Crippen molar-refractivity contribution >= 4 is 14.8 Å². The molecule has 0 radical (unpaired) electrons. The monoisotopic (exact) mass is 222 g/mol. The van der Waals surface area contributed by atoms with Crippen molar-refractivity contribution in [1.82, 2.24) is 0 Å². The van der Waals surface area contributed by atoms with Crippen molar-refractivity contribution in [3.8, 4) is 0 Å². The van der Waals surface area contributed by atoms with Gasteiger partial charge >= 0.3 is 14.8 Å². The molecule has 0 aliphatic rings.